The average Bonchev–Trinajstić information content (AvgIpc) is 3.08. The van der Waals surface area contributed by atoms with Gasteiger partial charge in [-0.3, -0.25) is 4.79 Å². The first-order valence-corrected chi connectivity index (χ1v) is 8.18. The smallest absolute Gasteiger partial charge is 0.250 e. The molecule has 22 heavy (non-hydrogen) atoms. The molecule has 2 heterocycles. The van der Waals surface area contributed by atoms with Crippen LogP contribution in [0.1, 0.15) is 31.7 Å². The van der Waals surface area contributed by atoms with Gasteiger partial charge in [-0.25, -0.2) is 0 Å². The maximum atomic E-state index is 12.2. The molecule has 2 aliphatic heterocycles. The molecule has 1 aromatic carbocycles. The van der Waals surface area contributed by atoms with Gasteiger partial charge in [-0.2, -0.15) is 0 Å². The lowest BCUT2D eigenvalue weighted by molar-refractivity contribution is -0.117. The minimum absolute atomic E-state index is 0.0110. The highest BCUT2D eigenvalue weighted by atomic mass is 16.5. The summed E-state index contributed by atoms with van der Waals surface area (Å²) in [4.78, 5) is 14.7. The number of fused-ring (bicyclic) bond motifs is 1. The zero-order valence-corrected chi connectivity index (χ0v) is 13.2. The van der Waals surface area contributed by atoms with E-state index in [1.54, 1.807) is 0 Å². The van der Waals surface area contributed by atoms with Crippen LogP contribution >= 0.6 is 0 Å². The molecule has 0 radical (unpaired) electrons. The van der Waals surface area contributed by atoms with E-state index in [0.717, 1.165) is 24.3 Å². The van der Waals surface area contributed by atoms with Crippen LogP contribution in [-0.4, -0.2) is 43.1 Å². The Kier molecular flexibility index (Phi) is 4.78. The molecule has 1 atom stereocenters. The Morgan fingerprint density at radius 2 is 2.09 bits per heavy atom. The SMILES string of the molecule is C[C@@H](CCNC(=O)C1=Cc2ccccc2OC1)N1CCCC1. The number of ether oxygens (including phenoxy) is 1. The minimum atomic E-state index is -0.0110. The van der Waals surface area contributed by atoms with Gasteiger partial charge in [0.05, 0.1) is 5.57 Å². The molecule has 4 nitrogen and oxygen atoms in total. The van der Waals surface area contributed by atoms with Gasteiger partial charge < -0.3 is 15.0 Å². The van der Waals surface area contributed by atoms with Crippen LogP contribution in [0.2, 0.25) is 0 Å². The number of nitrogens with one attached hydrogen (secondary N) is 1. The largest absolute Gasteiger partial charge is 0.488 e. The second-order valence-corrected chi connectivity index (χ2v) is 6.13. The molecule has 118 valence electrons. The standard InChI is InChI=1S/C18H24N2O2/c1-14(20-10-4-5-11-20)8-9-19-18(21)16-12-15-6-2-3-7-17(15)22-13-16/h2-3,6-7,12,14H,4-5,8-11,13H2,1H3,(H,19,21)/t14-/m0/s1. The van der Waals surface area contributed by atoms with Crippen molar-refractivity contribution in [3.63, 3.8) is 0 Å². The molecule has 1 N–H and O–H groups in total. The molecule has 1 amide bonds. The maximum Gasteiger partial charge on any atom is 0.250 e. The highest BCUT2D eigenvalue weighted by molar-refractivity contribution is 5.99. The Labute approximate surface area is 132 Å². The Morgan fingerprint density at radius 3 is 2.91 bits per heavy atom. The third-order valence-corrected chi connectivity index (χ3v) is 4.54. The number of likely N-dealkylation sites (tertiary alicyclic amines) is 1. The third-order valence-electron chi connectivity index (χ3n) is 4.54. The van der Waals surface area contributed by atoms with Gasteiger partial charge in [-0.15, -0.1) is 0 Å². The van der Waals surface area contributed by atoms with E-state index in [0.29, 0.717) is 18.2 Å². The molecule has 1 saturated heterocycles. The Balaban J connectivity index is 1.49. The van der Waals surface area contributed by atoms with Crippen LogP contribution in [0.4, 0.5) is 0 Å². The van der Waals surface area contributed by atoms with Crippen LogP contribution in [0, 0.1) is 0 Å². The zero-order chi connectivity index (χ0) is 15.4. The predicted molar refractivity (Wildman–Crippen MR) is 87.8 cm³/mol. The number of carbonyl (C=O) groups excluding carboxylic acids is 1. The van der Waals surface area contributed by atoms with E-state index >= 15 is 0 Å². The molecule has 1 fully saturated rings. The van der Waals surface area contributed by atoms with Crippen molar-refractivity contribution in [1.29, 1.82) is 0 Å². The summed E-state index contributed by atoms with van der Waals surface area (Å²) in [6.07, 6.45) is 5.54. The molecule has 3 rings (SSSR count). The number of carbonyl (C=O) groups is 1. The zero-order valence-electron chi connectivity index (χ0n) is 13.2. The normalized spacial score (nSPS) is 19.0. The van der Waals surface area contributed by atoms with Crippen LogP contribution in [0.3, 0.4) is 0 Å². The fourth-order valence-electron chi connectivity index (χ4n) is 3.12. The van der Waals surface area contributed by atoms with E-state index in [2.05, 4.69) is 17.1 Å². The summed E-state index contributed by atoms with van der Waals surface area (Å²) in [5, 5.41) is 3.02. The number of para-hydroxylation sites is 1. The van der Waals surface area contributed by atoms with Crippen molar-refractivity contribution in [1.82, 2.24) is 10.2 Å². The summed E-state index contributed by atoms with van der Waals surface area (Å²) >= 11 is 0. The average molecular weight is 300 g/mol. The quantitative estimate of drug-likeness (QED) is 0.908. The first-order valence-electron chi connectivity index (χ1n) is 8.18. The molecule has 0 aromatic heterocycles. The van der Waals surface area contributed by atoms with Gasteiger partial charge in [0.2, 0.25) is 0 Å². The molecule has 4 heteroatoms. The van der Waals surface area contributed by atoms with Crippen molar-refractivity contribution in [3.05, 3.63) is 35.4 Å². The molecule has 2 aliphatic rings. The van der Waals surface area contributed by atoms with Crippen LogP contribution in [-0.2, 0) is 4.79 Å². The molecule has 0 aliphatic carbocycles. The fourth-order valence-corrected chi connectivity index (χ4v) is 3.12. The van der Waals surface area contributed by atoms with E-state index in [1.807, 2.05) is 30.3 Å². The summed E-state index contributed by atoms with van der Waals surface area (Å²) in [5.74, 6) is 0.838. The minimum Gasteiger partial charge on any atom is -0.488 e. The Morgan fingerprint density at radius 1 is 1.32 bits per heavy atom. The lowest BCUT2D eigenvalue weighted by Crippen LogP contribution is -2.35. The van der Waals surface area contributed by atoms with Gasteiger partial charge in [0, 0.05) is 18.2 Å². The lowest BCUT2D eigenvalue weighted by atomic mass is 10.1. The lowest BCUT2D eigenvalue weighted by Gasteiger charge is -2.24. The van der Waals surface area contributed by atoms with Crippen molar-refractivity contribution < 1.29 is 9.53 Å². The van der Waals surface area contributed by atoms with Crippen LogP contribution in [0.5, 0.6) is 5.75 Å². The molecule has 0 unspecified atom stereocenters. The van der Waals surface area contributed by atoms with Crippen LogP contribution in [0.25, 0.3) is 6.08 Å². The van der Waals surface area contributed by atoms with E-state index in [-0.39, 0.29) is 5.91 Å². The molecule has 1 aromatic rings. The van der Waals surface area contributed by atoms with Gasteiger partial charge in [-0.05, 0) is 51.4 Å². The summed E-state index contributed by atoms with van der Waals surface area (Å²) in [5.41, 5.74) is 1.68. The second-order valence-electron chi connectivity index (χ2n) is 6.13. The van der Waals surface area contributed by atoms with Gasteiger partial charge >= 0.3 is 0 Å². The van der Waals surface area contributed by atoms with Gasteiger partial charge in [0.1, 0.15) is 12.4 Å². The monoisotopic (exact) mass is 300 g/mol. The van der Waals surface area contributed by atoms with Crippen LogP contribution in [0.15, 0.2) is 29.8 Å². The van der Waals surface area contributed by atoms with Crippen molar-refractivity contribution in [2.75, 3.05) is 26.2 Å². The molecular formula is C18H24N2O2. The molecular weight excluding hydrogens is 276 g/mol. The van der Waals surface area contributed by atoms with Crippen molar-refractivity contribution >= 4 is 12.0 Å². The first-order chi connectivity index (χ1) is 10.7. The number of benzene rings is 1. The van der Waals surface area contributed by atoms with Crippen molar-refractivity contribution in [2.45, 2.75) is 32.2 Å². The van der Waals surface area contributed by atoms with Crippen LogP contribution < -0.4 is 10.1 Å². The Bertz CT molecular complexity index is 562. The van der Waals surface area contributed by atoms with E-state index in [9.17, 15) is 4.79 Å². The topological polar surface area (TPSA) is 41.6 Å². The highest BCUT2D eigenvalue weighted by Gasteiger charge is 2.19. The van der Waals surface area contributed by atoms with Crippen molar-refractivity contribution in [2.24, 2.45) is 0 Å². The summed E-state index contributed by atoms with van der Waals surface area (Å²) < 4.78 is 5.63. The number of rotatable bonds is 5. The maximum absolute atomic E-state index is 12.2. The van der Waals surface area contributed by atoms with Gasteiger partial charge in [0.25, 0.3) is 5.91 Å². The summed E-state index contributed by atoms with van der Waals surface area (Å²) in [6.45, 7) is 5.71. The third kappa shape index (κ3) is 3.50. The molecule has 0 spiro atoms. The highest BCUT2D eigenvalue weighted by Crippen LogP contribution is 2.25. The number of nitrogens with zero attached hydrogens (tertiary/aromatic N) is 1. The summed E-state index contributed by atoms with van der Waals surface area (Å²) in [7, 11) is 0. The molecule has 0 bridgehead atoms. The second kappa shape index (κ2) is 6.97. The molecule has 0 saturated carbocycles. The van der Waals surface area contributed by atoms with E-state index < -0.39 is 0 Å². The predicted octanol–water partition coefficient (Wildman–Crippen LogP) is 2.45. The number of hydrogen-bond acceptors (Lipinski definition) is 3. The number of amides is 1. The Hall–Kier alpha value is -1.81. The fraction of sp³-hybridized carbons (Fsp3) is 0.500. The number of hydrogen-bond donors (Lipinski definition) is 1. The van der Waals surface area contributed by atoms with Crippen molar-refractivity contribution in [3.8, 4) is 5.75 Å². The van der Waals surface area contributed by atoms with Gasteiger partial charge in [-0.1, -0.05) is 18.2 Å². The van der Waals surface area contributed by atoms with Gasteiger partial charge in [0.15, 0.2) is 0 Å². The first kappa shape index (κ1) is 15.1. The van der Waals surface area contributed by atoms with E-state index in [4.69, 9.17) is 4.74 Å². The van der Waals surface area contributed by atoms with E-state index in [1.165, 1.54) is 25.9 Å². The summed E-state index contributed by atoms with van der Waals surface area (Å²) in [6, 6.07) is 8.34.